The van der Waals surface area contributed by atoms with Gasteiger partial charge < -0.3 is 28.9 Å². The van der Waals surface area contributed by atoms with Crippen LogP contribution in [0.4, 0.5) is 52.7 Å². The van der Waals surface area contributed by atoms with Gasteiger partial charge in [-0.05, 0) is 158 Å². The number of ether oxygens (including phenoxy) is 4. The van der Waals surface area contributed by atoms with E-state index in [1.165, 1.54) is 85.5 Å². The lowest BCUT2D eigenvalue weighted by molar-refractivity contribution is -0.275. The summed E-state index contributed by atoms with van der Waals surface area (Å²) in [6.07, 6.45) is -13.3. The lowest BCUT2D eigenvalue weighted by Crippen LogP contribution is -2.17. The van der Waals surface area contributed by atoms with Crippen LogP contribution in [-0.2, 0) is 4.57 Å². The van der Waals surface area contributed by atoms with Gasteiger partial charge in [0.2, 0.25) is 0 Å². The third-order valence-corrected chi connectivity index (χ3v) is 11.5. The number of H-pyrrole nitrogens is 2. The number of aromatic amines is 2. The summed E-state index contributed by atoms with van der Waals surface area (Å²) in [6.45, 7) is 0. The molecule has 392 valence electrons. The molecule has 0 saturated heterocycles. The Balaban J connectivity index is 0.000000204. The second kappa shape index (κ2) is 25.3. The van der Waals surface area contributed by atoms with Crippen molar-refractivity contribution >= 4 is 169 Å². The number of benzene rings is 4. The van der Waals surface area contributed by atoms with E-state index in [-0.39, 0.29) is 45.6 Å². The van der Waals surface area contributed by atoms with Crippen molar-refractivity contribution in [3.05, 3.63) is 146 Å². The number of halogens is 21. The van der Waals surface area contributed by atoms with Gasteiger partial charge in [0.15, 0.2) is 10.9 Å². The van der Waals surface area contributed by atoms with Crippen molar-refractivity contribution in [2.75, 3.05) is 0 Å². The molecule has 33 heteroatoms. The maximum Gasteiger partial charge on any atom is 0.573 e. The standard InChI is InChI=1S/2C10H4BrClF3NO.2C10H5BrF3NO2.Cl3OP/c11-6-4-8-5(7(12)1-2-16-8)3-9(6)17-10(13,14)15;11-9-7(17-10(13,14)15)2-1-6-8(9)5(12)3-4-16-6;11-6-4-7-5(8(16)1-2-15-7)3-9(6)17-10(12,13)14;11-9-7(17-10(12,13)14)2-1-5-8(9)6(16)3-4-15-5;1-5(2,3)4/h2*1-4H;2*1-4H,(H,15,16);. The Morgan fingerprint density at radius 2 is 0.890 bits per heavy atom. The third-order valence-electron chi connectivity index (χ3n) is 8.04. The molecular formula is C40H18Br4Cl5F12N4O7P. The van der Waals surface area contributed by atoms with Crippen LogP contribution in [0.5, 0.6) is 23.0 Å². The molecule has 0 atom stereocenters. The number of hydrogen-bond acceptors (Lipinski definition) is 9. The Labute approximate surface area is 456 Å². The van der Waals surface area contributed by atoms with Gasteiger partial charge in [-0.1, -0.05) is 23.2 Å². The molecule has 0 aliphatic heterocycles. The van der Waals surface area contributed by atoms with Crippen LogP contribution in [0.1, 0.15) is 0 Å². The highest BCUT2D eigenvalue weighted by molar-refractivity contribution is 9.11. The first-order valence-electron chi connectivity index (χ1n) is 18.3. The molecule has 0 spiro atoms. The Bertz CT molecular complexity index is 3400. The Morgan fingerprint density at radius 3 is 1.41 bits per heavy atom. The highest BCUT2D eigenvalue weighted by Gasteiger charge is 2.35. The summed E-state index contributed by atoms with van der Waals surface area (Å²) in [7, 11) is 0. The predicted octanol–water partition coefficient (Wildman–Crippen LogP) is 18.3. The summed E-state index contributed by atoms with van der Waals surface area (Å²) in [5.74, 6) is -1.58. The molecule has 4 heterocycles. The summed E-state index contributed by atoms with van der Waals surface area (Å²) in [5.41, 5.74) is 1.06. The first-order valence-corrected chi connectivity index (χ1v) is 26.6. The maximum atomic E-state index is 12.1. The monoisotopic (exact) mass is 1420 g/mol. The smallest absolute Gasteiger partial charge is 0.405 e. The number of alkyl halides is 12. The van der Waals surface area contributed by atoms with E-state index in [9.17, 15) is 66.8 Å². The fourth-order valence-electron chi connectivity index (χ4n) is 5.46. The third kappa shape index (κ3) is 19.9. The molecule has 0 aliphatic carbocycles. The van der Waals surface area contributed by atoms with E-state index in [1.54, 1.807) is 0 Å². The zero-order valence-corrected chi connectivity index (χ0v) is 45.4. The van der Waals surface area contributed by atoms with Gasteiger partial charge in [0, 0.05) is 53.1 Å². The summed E-state index contributed by atoms with van der Waals surface area (Å²) >= 11 is 37.5. The molecule has 0 saturated carbocycles. The molecule has 4 aromatic carbocycles. The molecule has 0 bridgehead atoms. The van der Waals surface area contributed by atoms with Crippen molar-refractivity contribution in [1.29, 1.82) is 0 Å². The molecule has 8 aromatic rings. The van der Waals surface area contributed by atoms with Crippen molar-refractivity contribution in [1.82, 2.24) is 19.9 Å². The Morgan fingerprint density at radius 1 is 0.479 bits per heavy atom. The molecular weight excluding hydrogens is 1400 g/mol. The number of fused-ring (bicyclic) bond motifs is 4. The van der Waals surface area contributed by atoms with Crippen LogP contribution in [-0.4, -0.2) is 45.4 Å². The molecule has 4 aromatic heterocycles. The zero-order valence-electron chi connectivity index (χ0n) is 34.4. The van der Waals surface area contributed by atoms with Crippen LogP contribution in [0.2, 0.25) is 10.0 Å². The molecule has 0 fully saturated rings. The average molecular weight is 1420 g/mol. The minimum Gasteiger partial charge on any atom is -0.405 e. The second-order valence-corrected chi connectivity index (χ2v) is 23.8. The summed E-state index contributed by atoms with van der Waals surface area (Å²) in [4.78, 5) is 36.5. The minimum atomic E-state index is -4.79. The molecule has 0 aliphatic rings. The molecule has 0 unspecified atom stereocenters. The van der Waals surface area contributed by atoms with Crippen LogP contribution >= 0.6 is 126 Å². The van der Waals surface area contributed by atoms with Gasteiger partial charge in [0.05, 0.1) is 55.4 Å². The topological polar surface area (TPSA) is 145 Å². The molecule has 2 N–H and O–H groups in total. The highest BCUT2D eigenvalue weighted by Crippen LogP contribution is 2.61. The SMILES string of the molecule is FC(F)(F)Oc1cc2c(Cl)ccnc2cc1Br.FC(F)(F)Oc1ccc2nccc(Cl)c2c1Br.O=P(Cl)(Cl)Cl.O=c1cc[nH]c2cc(Br)c(OC(F)(F)F)cc12.O=c1cc[nH]c2ccc(OC(F)(F)F)c(Br)c12. The van der Waals surface area contributed by atoms with Crippen LogP contribution in [0.15, 0.2) is 125 Å². The summed E-state index contributed by atoms with van der Waals surface area (Å²) < 4.78 is 171. The maximum absolute atomic E-state index is 12.1. The fraction of sp³-hybridized carbons (Fsp3) is 0.100. The second-order valence-electron chi connectivity index (χ2n) is 13.1. The molecule has 11 nitrogen and oxygen atoms in total. The summed E-state index contributed by atoms with van der Waals surface area (Å²) in [6, 6.07) is 15.5. The van der Waals surface area contributed by atoms with Crippen molar-refractivity contribution in [3.63, 3.8) is 0 Å². The van der Waals surface area contributed by atoms with Gasteiger partial charge in [0.1, 0.15) is 23.0 Å². The average Bonchev–Trinajstić information content (AvgIpc) is 3.23. The zero-order chi connectivity index (χ0) is 55.0. The first kappa shape index (κ1) is 61.6. The van der Waals surface area contributed by atoms with E-state index in [4.69, 9.17) is 23.2 Å². The fourth-order valence-corrected chi connectivity index (χ4v) is 8.11. The summed E-state index contributed by atoms with van der Waals surface area (Å²) in [5, 5.41) is -1.57. The van der Waals surface area contributed by atoms with Crippen molar-refractivity contribution < 1.29 is 76.2 Å². The first-order chi connectivity index (χ1) is 33.5. The number of hydrogen-bond donors (Lipinski definition) is 2. The Kier molecular flexibility index (Phi) is 21.3. The van der Waals surface area contributed by atoms with E-state index in [0.717, 1.165) is 12.1 Å². The van der Waals surface area contributed by atoms with Gasteiger partial charge in [0.25, 0.3) is 0 Å². The predicted molar refractivity (Wildman–Crippen MR) is 265 cm³/mol. The molecule has 0 amide bonds. The molecule has 0 radical (unpaired) electrons. The number of rotatable bonds is 4. The highest BCUT2D eigenvalue weighted by atomic mass is 79.9. The van der Waals surface area contributed by atoms with Crippen molar-refractivity contribution in [2.45, 2.75) is 25.4 Å². The van der Waals surface area contributed by atoms with E-state index in [2.05, 4.69) is 136 Å². The minimum absolute atomic E-state index is 0.0193. The molecule has 73 heavy (non-hydrogen) atoms. The van der Waals surface area contributed by atoms with Gasteiger partial charge in [-0.25, -0.2) is 0 Å². The Hall–Kier alpha value is -3.92. The number of aromatic nitrogens is 4. The van der Waals surface area contributed by atoms with E-state index in [0.29, 0.717) is 42.9 Å². The van der Waals surface area contributed by atoms with E-state index < -0.39 is 47.6 Å². The van der Waals surface area contributed by atoms with Crippen molar-refractivity contribution in [3.8, 4) is 23.0 Å². The van der Waals surface area contributed by atoms with E-state index in [1.807, 2.05) is 0 Å². The largest absolute Gasteiger partial charge is 0.573 e. The van der Waals surface area contributed by atoms with Crippen LogP contribution in [0.25, 0.3) is 43.6 Å². The van der Waals surface area contributed by atoms with Gasteiger partial charge >= 0.3 is 30.6 Å². The lowest BCUT2D eigenvalue weighted by atomic mass is 10.2. The number of nitrogens with one attached hydrogen (secondary N) is 2. The van der Waals surface area contributed by atoms with Crippen LogP contribution in [0, 0.1) is 0 Å². The lowest BCUT2D eigenvalue weighted by Gasteiger charge is -2.12. The molecule has 8 rings (SSSR count). The van der Waals surface area contributed by atoms with Crippen LogP contribution in [0.3, 0.4) is 0 Å². The number of nitrogens with zero attached hydrogens (tertiary/aromatic N) is 2. The van der Waals surface area contributed by atoms with Crippen molar-refractivity contribution in [2.24, 2.45) is 0 Å². The quantitative estimate of drug-likeness (QED) is 0.130. The van der Waals surface area contributed by atoms with Gasteiger partial charge in [-0.3, -0.25) is 24.1 Å². The van der Waals surface area contributed by atoms with Gasteiger partial charge in [-0.15, -0.1) is 52.7 Å². The number of pyridine rings is 4. The normalized spacial score (nSPS) is 11.8. The van der Waals surface area contributed by atoms with Gasteiger partial charge in [-0.2, -0.15) is 0 Å². The van der Waals surface area contributed by atoms with Crippen LogP contribution < -0.4 is 29.8 Å². The van der Waals surface area contributed by atoms with E-state index >= 15 is 0 Å².